The van der Waals surface area contributed by atoms with Crippen LogP contribution in [0.25, 0.3) is 0 Å². The van der Waals surface area contributed by atoms with Crippen molar-refractivity contribution in [2.75, 3.05) is 0 Å². The molecule has 0 amide bonds. The molecule has 0 aromatic rings. The van der Waals surface area contributed by atoms with Crippen molar-refractivity contribution in [1.82, 2.24) is 0 Å². The van der Waals surface area contributed by atoms with Crippen molar-refractivity contribution in [3.8, 4) is 0 Å². The van der Waals surface area contributed by atoms with E-state index in [1.54, 1.807) is 0 Å². The van der Waals surface area contributed by atoms with E-state index in [0.717, 1.165) is 41.4 Å². The van der Waals surface area contributed by atoms with Crippen molar-refractivity contribution >= 4 is 0 Å². The minimum atomic E-state index is 0.942. The highest BCUT2D eigenvalue weighted by molar-refractivity contribution is 4.81. The molecule has 0 N–H and O–H groups in total. The Bertz CT molecular complexity index is 282. The Balaban J connectivity index is 1.80. The largest absolute Gasteiger partial charge is 0.0625 e. The van der Waals surface area contributed by atoms with Gasteiger partial charge in [-0.3, -0.25) is 0 Å². The Labute approximate surface area is 128 Å². The number of hydrogen-bond donors (Lipinski definition) is 0. The molecule has 0 saturated heterocycles. The van der Waals surface area contributed by atoms with Gasteiger partial charge in [-0.05, 0) is 60.7 Å². The summed E-state index contributed by atoms with van der Waals surface area (Å²) in [6.45, 7) is 12.5. The van der Waals surface area contributed by atoms with Crippen LogP contribution in [-0.4, -0.2) is 0 Å². The van der Waals surface area contributed by atoms with E-state index in [2.05, 4.69) is 34.6 Å². The molecule has 0 aromatic carbocycles. The molecular weight excluding hydrogens is 240 g/mol. The van der Waals surface area contributed by atoms with Crippen LogP contribution >= 0.6 is 0 Å². The fourth-order valence-corrected chi connectivity index (χ4v) is 5.16. The molecule has 118 valence electrons. The van der Waals surface area contributed by atoms with Crippen molar-refractivity contribution in [2.45, 2.75) is 86.0 Å². The van der Waals surface area contributed by atoms with E-state index in [0.29, 0.717) is 0 Å². The monoisotopic (exact) mass is 278 g/mol. The van der Waals surface area contributed by atoms with Gasteiger partial charge in [0.25, 0.3) is 0 Å². The molecule has 7 unspecified atom stereocenters. The first-order chi connectivity index (χ1) is 9.47. The van der Waals surface area contributed by atoms with Crippen molar-refractivity contribution in [1.29, 1.82) is 0 Å². The average molecular weight is 279 g/mol. The molecule has 0 aromatic heterocycles. The predicted molar refractivity (Wildman–Crippen MR) is 89.7 cm³/mol. The third kappa shape index (κ3) is 4.25. The molecule has 2 saturated carbocycles. The summed E-state index contributed by atoms with van der Waals surface area (Å²) in [7, 11) is 0. The fraction of sp³-hybridized carbons (Fsp3) is 1.00. The summed E-state index contributed by atoms with van der Waals surface area (Å²) in [6.07, 6.45) is 12.0. The predicted octanol–water partition coefficient (Wildman–Crippen LogP) is 6.55. The lowest BCUT2D eigenvalue weighted by molar-refractivity contribution is 0.211. The van der Waals surface area contributed by atoms with E-state index in [1.807, 2.05) is 0 Å². The van der Waals surface area contributed by atoms with E-state index in [-0.39, 0.29) is 0 Å². The van der Waals surface area contributed by atoms with E-state index in [1.165, 1.54) is 51.4 Å². The summed E-state index contributed by atoms with van der Waals surface area (Å²) in [5, 5.41) is 0. The molecule has 0 radical (unpaired) electrons. The van der Waals surface area contributed by atoms with Gasteiger partial charge in [-0.15, -0.1) is 0 Å². The van der Waals surface area contributed by atoms with E-state index in [4.69, 9.17) is 0 Å². The van der Waals surface area contributed by atoms with Gasteiger partial charge >= 0.3 is 0 Å². The highest BCUT2D eigenvalue weighted by Gasteiger charge is 2.31. The molecule has 2 fully saturated rings. The summed E-state index contributed by atoms with van der Waals surface area (Å²) in [4.78, 5) is 0. The van der Waals surface area contributed by atoms with Crippen LogP contribution in [-0.2, 0) is 0 Å². The van der Waals surface area contributed by atoms with Crippen molar-refractivity contribution in [3.05, 3.63) is 0 Å². The molecule has 2 aliphatic rings. The molecule has 0 heterocycles. The van der Waals surface area contributed by atoms with E-state index < -0.39 is 0 Å². The zero-order chi connectivity index (χ0) is 14.7. The maximum absolute atomic E-state index is 2.56. The summed E-state index contributed by atoms with van der Waals surface area (Å²) in [6, 6.07) is 0. The molecular formula is C20H38. The molecule has 0 aliphatic heterocycles. The van der Waals surface area contributed by atoms with Crippen LogP contribution in [0.1, 0.15) is 86.0 Å². The summed E-state index contributed by atoms with van der Waals surface area (Å²) in [5.74, 6) is 6.87. The van der Waals surface area contributed by atoms with Crippen molar-refractivity contribution < 1.29 is 0 Å². The van der Waals surface area contributed by atoms with Gasteiger partial charge in [0.05, 0.1) is 0 Å². The first kappa shape index (κ1) is 16.4. The lowest BCUT2D eigenvalue weighted by Crippen LogP contribution is -2.20. The summed E-state index contributed by atoms with van der Waals surface area (Å²) < 4.78 is 0. The number of hydrogen-bond acceptors (Lipinski definition) is 0. The first-order valence-corrected chi connectivity index (χ1v) is 9.47. The maximum Gasteiger partial charge on any atom is -0.0362 e. The zero-order valence-electron chi connectivity index (χ0n) is 14.7. The minimum Gasteiger partial charge on any atom is -0.0625 e. The minimum absolute atomic E-state index is 0.942. The third-order valence-corrected chi connectivity index (χ3v) is 6.97. The zero-order valence-corrected chi connectivity index (χ0v) is 14.7. The first-order valence-electron chi connectivity index (χ1n) is 9.47. The Hall–Kier alpha value is 0. The second-order valence-corrected chi connectivity index (χ2v) is 8.75. The molecule has 20 heavy (non-hydrogen) atoms. The van der Waals surface area contributed by atoms with Gasteiger partial charge < -0.3 is 0 Å². The second-order valence-electron chi connectivity index (χ2n) is 8.75. The molecule has 7 atom stereocenters. The standard InChI is InChI=1S/C20H38/c1-14-6-9-19(12-14)10-7-16(3)20-11-8-15(2)17(4)13-18(20)5/h14-20H,6-13H2,1-5H3. The van der Waals surface area contributed by atoms with Gasteiger partial charge in [0, 0.05) is 0 Å². The average Bonchev–Trinajstić information content (AvgIpc) is 2.76. The van der Waals surface area contributed by atoms with Crippen LogP contribution in [0.5, 0.6) is 0 Å². The van der Waals surface area contributed by atoms with Crippen molar-refractivity contribution in [2.24, 2.45) is 41.4 Å². The van der Waals surface area contributed by atoms with Crippen LogP contribution in [0.3, 0.4) is 0 Å². The molecule has 0 heteroatoms. The lowest BCUT2D eigenvalue weighted by Gasteiger charge is -2.29. The quantitative estimate of drug-likeness (QED) is 0.512. The lowest BCUT2D eigenvalue weighted by atomic mass is 9.76. The molecule has 0 spiro atoms. The van der Waals surface area contributed by atoms with Gasteiger partial charge in [0.2, 0.25) is 0 Å². The highest BCUT2D eigenvalue weighted by atomic mass is 14.4. The molecule has 2 rings (SSSR count). The SMILES string of the molecule is CC1CCC(CCC(C)C2CCC(C)C(C)CC2C)C1. The number of rotatable bonds is 4. The van der Waals surface area contributed by atoms with Crippen molar-refractivity contribution in [3.63, 3.8) is 0 Å². The Morgan fingerprint density at radius 2 is 1.55 bits per heavy atom. The van der Waals surface area contributed by atoms with Gasteiger partial charge in [-0.2, -0.15) is 0 Å². The van der Waals surface area contributed by atoms with Crippen LogP contribution in [0.4, 0.5) is 0 Å². The normalized spacial score (nSPS) is 44.2. The Kier molecular flexibility index (Phi) is 5.99. The van der Waals surface area contributed by atoms with Gasteiger partial charge in [-0.1, -0.05) is 66.7 Å². The highest BCUT2D eigenvalue weighted by Crippen LogP contribution is 2.41. The summed E-state index contributed by atoms with van der Waals surface area (Å²) in [5.41, 5.74) is 0. The van der Waals surface area contributed by atoms with E-state index >= 15 is 0 Å². The molecule has 0 bridgehead atoms. The third-order valence-electron chi connectivity index (χ3n) is 6.97. The molecule has 0 nitrogen and oxygen atoms in total. The molecule has 2 aliphatic carbocycles. The van der Waals surface area contributed by atoms with E-state index in [9.17, 15) is 0 Å². The van der Waals surface area contributed by atoms with Crippen LogP contribution < -0.4 is 0 Å². The van der Waals surface area contributed by atoms with Crippen LogP contribution in [0.15, 0.2) is 0 Å². The maximum atomic E-state index is 2.56. The Morgan fingerprint density at radius 3 is 2.20 bits per heavy atom. The van der Waals surface area contributed by atoms with Gasteiger partial charge in [0.15, 0.2) is 0 Å². The topological polar surface area (TPSA) is 0 Å². The van der Waals surface area contributed by atoms with Gasteiger partial charge in [0.1, 0.15) is 0 Å². The van der Waals surface area contributed by atoms with Crippen LogP contribution in [0.2, 0.25) is 0 Å². The smallest absolute Gasteiger partial charge is 0.0362 e. The van der Waals surface area contributed by atoms with Gasteiger partial charge in [-0.25, -0.2) is 0 Å². The Morgan fingerprint density at radius 1 is 0.800 bits per heavy atom. The fourth-order valence-electron chi connectivity index (χ4n) is 5.16. The van der Waals surface area contributed by atoms with Crippen LogP contribution in [0, 0.1) is 41.4 Å². The summed E-state index contributed by atoms with van der Waals surface area (Å²) >= 11 is 0. The second kappa shape index (κ2) is 7.32.